The summed E-state index contributed by atoms with van der Waals surface area (Å²) >= 11 is 0. The Morgan fingerprint density at radius 3 is 2.24 bits per heavy atom. The standard InChI is InChI=1S/C12H12O5/c1-17-10-4-2-8(3-5-10)6-9(12(15)16)7-11(13)14/h2-6H,7H2,1H3,(H,13,14)(H,15,16)/p-2/b9-6-. The smallest absolute Gasteiger partial charge is 0.118 e. The predicted octanol–water partition coefficient (Wildman–Crippen LogP) is -1.03. The minimum atomic E-state index is -1.52. The van der Waals surface area contributed by atoms with E-state index in [-0.39, 0.29) is 5.57 Å². The second-order valence-corrected chi connectivity index (χ2v) is 3.28. The lowest BCUT2D eigenvalue weighted by Crippen LogP contribution is -2.30. The highest BCUT2D eigenvalue weighted by atomic mass is 16.5. The van der Waals surface area contributed by atoms with Crippen LogP contribution in [0.2, 0.25) is 0 Å². The average Bonchev–Trinajstić information content (AvgIpc) is 2.28. The van der Waals surface area contributed by atoms with Crippen LogP contribution in [0.4, 0.5) is 0 Å². The molecule has 1 aromatic rings. The Balaban J connectivity index is 2.95. The summed E-state index contributed by atoms with van der Waals surface area (Å²) in [5.74, 6) is -2.36. The van der Waals surface area contributed by atoms with Crippen LogP contribution >= 0.6 is 0 Å². The fraction of sp³-hybridized carbons (Fsp3) is 0.167. The molecule has 90 valence electrons. The van der Waals surface area contributed by atoms with Gasteiger partial charge in [-0.25, -0.2) is 0 Å². The molecule has 17 heavy (non-hydrogen) atoms. The minimum absolute atomic E-state index is 0.338. The first-order chi connectivity index (χ1) is 8.02. The van der Waals surface area contributed by atoms with Gasteiger partial charge in [0.15, 0.2) is 0 Å². The quantitative estimate of drug-likeness (QED) is 0.607. The largest absolute Gasteiger partial charge is 0.550 e. The van der Waals surface area contributed by atoms with Crippen LogP contribution in [0, 0.1) is 0 Å². The lowest BCUT2D eigenvalue weighted by atomic mass is 10.1. The highest BCUT2D eigenvalue weighted by Gasteiger charge is 2.00. The zero-order chi connectivity index (χ0) is 12.8. The Hall–Kier alpha value is -2.30. The molecule has 0 aliphatic carbocycles. The van der Waals surface area contributed by atoms with Crippen LogP contribution in [0.25, 0.3) is 6.08 Å². The maximum atomic E-state index is 10.7. The molecule has 0 bridgehead atoms. The minimum Gasteiger partial charge on any atom is -0.550 e. The van der Waals surface area contributed by atoms with Crippen LogP contribution in [0.3, 0.4) is 0 Å². The van der Waals surface area contributed by atoms with Gasteiger partial charge >= 0.3 is 0 Å². The number of aliphatic carboxylic acids is 2. The van der Waals surface area contributed by atoms with E-state index in [0.717, 1.165) is 0 Å². The van der Waals surface area contributed by atoms with Crippen molar-refractivity contribution in [2.24, 2.45) is 0 Å². The van der Waals surface area contributed by atoms with Crippen molar-refractivity contribution in [3.05, 3.63) is 35.4 Å². The van der Waals surface area contributed by atoms with Crippen LogP contribution in [-0.4, -0.2) is 19.0 Å². The summed E-state index contributed by atoms with van der Waals surface area (Å²) in [7, 11) is 1.51. The first kappa shape index (κ1) is 12.8. The van der Waals surface area contributed by atoms with Crippen molar-refractivity contribution in [2.75, 3.05) is 7.11 Å². The normalized spacial score (nSPS) is 11.0. The molecular weight excluding hydrogens is 224 g/mol. The Morgan fingerprint density at radius 1 is 1.24 bits per heavy atom. The van der Waals surface area contributed by atoms with Crippen molar-refractivity contribution in [1.82, 2.24) is 0 Å². The summed E-state index contributed by atoms with van der Waals surface area (Å²) in [5, 5.41) is 21.0. The van der Waals surface area contributed by atoms with Crippen molar-refractivity contribution >= 4 is 18.0 Å². The van der Waals surface area contributed by atoms with E-state index < -0.39 is 18.4 Å². The average molecular weight is 234 g/mol. The Bertz CT molecular complexity index is 444. The lowest BCUT2D eigenvalue weighted by molar-refractivity contribution is -0.309. The van der Waals surface area contributed by atoms with E-state index in [1.807, 2.05) is 0 Å². The zero-order valence-electron chi connectivity index (χ0n) is 9.14. The molecule has 5 heteroatoms. The summed E-state index contributed by atoms with van der Waals surface area (Å²) in [5.41, 5.74) is 0.210. The summed E-state index contributed by atoms with van der Waals surface area (Å²) in [6, 6.07) is 6.49. The molecule has 0 N–H and O–H groups in total. The molecule has 0 spiro atoms. The van der Waals surface area contributed by atoms with Gasteiger partial charge in [0.1, 0.15) is 5.75 Å². The predicted molar refractivity (Wildman–Crippen MR) is 55.6 cm³/mol. The van der Waals surface area contributed by atoms with E-state index in [2.05, 4.69) is 0 Å². The highest BCUT2D eigenvalue weighted by molar-refractivity contribution is 5.95. The molecule has 0 saturated carbocycles. The fourth-order valence-electron chi connectivity index (χ4n) is 1.24. The number of hydrogen-bond acceptors (Lipinski definition) is 5. The topological polar surface area (TPSA) is 89.5 Å². The molecule has 0 radical (unpaired) electrons. The van der Waals surface area contributed by atoms with Crippen molar-refractivity contribution < 1.29 is 24.5 Å². The summed E-state index contributed by atoms with van der Waals surface area (Å²) in [6.07, 6.45) is 0.541. The van der Waals surface area contributed by atoms with Gasteiger partial charge in [-0.2, -0.15) is 0 Å². The molecule has 0 aliphatic rings. The molecule has 0 amide bonds. The van der Waals surface area contributed by atoms with E-state index in [0.29, 0.717) is 11.3 Å². The van der Waals surface area contributed by atoms with Crippen LogP contribution in [-0.2, 0) is 9.59 Å². The second-order valence-electron chi connectivity index (χ2n) is 3.28. The Morgan fingerprint density at radius 2 is 1.82 bits per heavy atom. The number of methoxy groups -OCH3 is 1. The maximum absolute atomic E-state index is 10.7. The van der Waals surface area contributed by atoms with Gasteiger partial charge in [0.25, 0.3) is 0 Å². The SMILES string of the molecule is COc1ccc(/C=C(/CC(=O)[O-])C(=O)[O-])cc1. The highest BCUT2D eigenvalue weighted by Crippen LogP contribution is 2.14. The number of carbonyl (C=O) groups is 2. The first-order valence-electron chi connectivity index (χ1n) is 4.78. The van der Waals surface area contributed by atoms with Gasteiger partial charge in [-0.1, -0.05) is 12.1 Å². The molecular formula is C12H10O5-2. The number of carboxylic acids is 2. The molecule has 0 heterocycles. The van der Waals surface area contributed by atoms with Crippen molar-refractivity contribution in [1.29, 1.82) is 0 Å². The first-order valence-corrected chi connectivity index (χ1v) is 4.78. The number of rotatable bonds is 5. The Kier molecular flexibility index (Phi) is 4.28. The van der Waals surface area contributed by atoms with Gasteiger partial charge < -0.3 is 24.5 Å². The molecule has 0 atom stereocenters. The Labute approximate surface area is 98.0 Å². The second kappa shape index (κ2) is 5.69. The third-order valence-electron chi connectivity index (χ3n) is 2.05. The van der Waals surface area contributed by atoms with Gasteiger partial charge in [-0.15, -0.1) is 0 Å². The third-order valence-corrected chi connectivity index (χ3v) is 2.05. The zero-order valence-corrected chi connectivity index (χ0v) is 9.14. The van der Waals surface area contributed by atoms with Crippen molar-refractivity contribution in [3.63, 3.8) is 0 Å². The van der Waals surface area contributed by atoms with Crippen molar-refractivity contribution in [3.8, 4) is 5.75 Å². The van der Waals surface area contributed by atoms with Crippen LogP contribution < -0.4 is 14.9 Å². The number of carboxylic acid groups (broad SMARTS) is 2. The summed E-state index contributed by atoms with van der Waals surface area (Å²) in [4.78, 5) is 21.0. The van der Waals surface area contributed by atoms with E-state index in [9.17, 15) is 19.8 Å². The fourth-order valence-corrected chi connectivity index (χ4v) is 1.24. The van der Waals surface area contributed by atoms with E-state index in [1.54, 1.807) is 24.3 Å². The molecule has 0 fully saturated rings. The van der Waals surface area contributed by atoms with E-state index in [1.165, 1.54) is 13.2 Å². The van der Waals surface area contributed by atoms with Gasteiger partial charge in [-0.3, -0.25) is 0 Å². The molecule has 5 nitrogen and oxygen atoms in total. The van der Waals surface area contributed by atoms with E-state index in [4.69, 9.17) is 4.74 Å². The van der Waals surface area contributed by atoms with Crippen LogP contribution in [0.5, 0.6) is 5.75 Å². The number of hydrogen-bond donors (Lipinski definition) is 0. The van der Waals surface area contributed by atoms with Gasteiger partial charge in [0.2, 0.25) is 0 Å². The van der Waals surface area contributed by atoms with Crippen LogP contribution in [0.15, 0.2) is 29.8 Å². The van der Waals surface area contributed by atoms with Crippen molar-refractivity contribution in [2.45, 2.75) is 6.42 Å². The number of ether oxygens (including phenoxy) is 1. The summed E-state index contributed by atoms with van der Waals surface area (Å²) < 4.78 is 4.93. The van der Waals surface area contributed by atoms with Gasteiger partial charge in [0.05, 0.1) is 13.1 Å². The van der Waals surface area contributed by atoms with Gasteiger partial charge in [-0.05, 0) is 29.3 Å². The van der Waals surface area contributed by atoms with Crippen LogP contribution in [0.1, 0.15) is 12.0 Å². The lowest BCUT2D eigenvalue weighted by Gasteiger charge is -2.09. The number of benzene rings is 1. The maximum Gasteiger partial charge on any atom is 0.118 e. The summed E-state index contributed by atoms with van der Waals surface area (Å²) in [6.45, 7) is 0. The van der Waals surface area contributed by atoms with E-state index >= 15 is 0 Å². The van der Waals surface area contributed by atoms with Gasteiger partial charge in [0, 0.05) is 12.4 Å². The molecule has 1 aromatic carbocycles. The number of carbonyl (C=O) groups excluding carboxylic acids is 2. The molecule has 0 aliphatic heterocycles. The molecule has 1 rings (SSSR count). The molecule has 0 aromatic heterocycles. The molecule has 0 saturated heterocycles. The monoisotopic (exact) mass is 234 g/mol. The molecule has 0 unspecified atom stereocenters. The third kappa shape index (κ3) is 3.98.